The Morgan fingerprint density at radius 1 is 1.30 bits per heavy atom. The summed E-state index contributed by atoms with van der Waals surface area (Å²) in [6, 6.07) is 10.9. The van der Waals surface area contributed by atoms with E-state index in [1.54, 1.807) is 30.3 Å². The van der Waals surface area contributed by atoms with Gasteiger partial charge in [-0.2, -0.15) is 0 Å². The van der Waals surface area contributed by atoms with Gasteiger partial charge in [0.2, 0.25) is 0 Å². The van der Waals surface area contributed by atoms with Crippen LogP contribution in [0.4, 0.5) is 10.1 Å². The van der Waals surface area contributed by atoms with Crippen LogP contribution >= 0.6 is 0 Å². The molecule has 0 bridgehead atoms. The maximum Gasteiger partial charge on any atom is 0.255 e. The summed E-state index contributed by atoms with van der Waals surface area (Å²) in [7, 11) is 1.47. The highest BCUT2D eigenvalue weighted by molar-refractivity contribution is 5.97. The fourth-order valence-electron chi connectivity index (χ4n) is 1.82. The second-order valence-electron chi connectivity index (χ2n) is 4.27. The van der Waals surface area contributed by atoms with Crippen LogP contribution in [0.5, 0.6) is 5.75 Å². The molecule has 0 heterocycles. The van der Waals surface area contributed by atoms with Gasteiger partial charge in [0.15, 0.2) is 0 Å². The lowest BCUT2D eigenvalue weighted by Crippen LogP contribution is -2.23. The smallest absolute Gasteiger partial charge is 0.255 e. The third kappa shape index (κ3) is 3.26. The number of nitrogens with two attached hydrogens (primary N) is 1. The van der Waals surface area contributed by atoms with E-state index in [0.717, 1.165) is 0 Å². The van der Waals surface area contributed by atoms with Crippen LogP contribution in [0.15, 0.2) is 42.5 Å². The average Bonchev–Trinajstić information content (AvgIpc) is 2.44. The maximum absolute atomic E-state index is 13.0. The Kier molecular flexibility index (Phi) is 4.20. The molecule has 0 aliphatic heterocycles. The fraction of sp³-hybridized carbons (Fsp3) is 0.133. The summed E-state index contributed by atoms with van der Waals surface area (Å²) < 4.78 is 18.1. The van der Waals surface area contributed by atoms with E-state index in [-0.39, 0.29) is 18.3 Å². The number of halogens is 1. The van der Waals surface area contributed by atoms with Crippen molar-refractivity contribution in [3.05, 3.63) is 59.4 Å². The van der Waals surface area contributed by atoms with Gasteiger partial charge in [-0.1, -0.05) is 12.1 Å². The number of nitrogen functional groups attached to an aromatic ring is 1. The molecule has 0 fully saturated rings. The van der Waals surface area contributed by atoms with Gasteiger partial charge < -0.3 is 15.8 Å². The summed E-state index contributed by atoms with van der Waals surface area (Å²) in [6.45, 7) is 0.240. The SMILES string of the molecule is COc1cc(N)ccc1C(=O)NCc1cccc(F)c1. The van der Waals surface area contributed by atoms with Crippen molar-refractivity contribution >= 4 is 11.6 Å². The van der Waals surface area contributed by atoms with E-state index in [2.05, 4.69) is 5.32 Å². The van der Waals surface area contributed by atoms with Gasteiger partial charge in [0.1, 0.15) is 11.6 Å². The Morgan fingerprint density at radius 3 is 2.80 bits per heavy atom. The summed E-state index contributed by atoms with van der Waals surface area (Å²) in [5, 5.41) is 2.71. The monoisotopic (exact) mass is 274 g/mol. The zero-order valence-corrected chi connectivity index (χ0v) is 11.0. The van der Waals surface area contributed by atoms with E-state index < -0.39 is 0 Å². The predicted molar refractivity (Wildman–Crippen MR) is 75.0 cm³/mol. The Morgan fingerprint density at radius 2 is 2.10 bits per heavy atom. The molecule has 1 amide bonds. The van der Waals surface area contributed by atoms with Crippen molar-refractivity contribution in [2.24, 2.45) is 0 Å². The first-order chi connectivity index (χ1) is 9.60. The first-order valence-corrected chi connectivity index (χ1v) is 6.06. The summed E-state index contributed by atoms with van der Waals surface area (Å²) >= 11 is 0. The molecule has 2 rings (SSSR count). The van der Waals surface area contributed by atoms with Crippen LogP contribution < -0.4 is 15.8 Å². The summed E-state index contributed by atoms with van der Waals surface area (Å²) in [4.78, 5) is 12.1. The zero-order valence-electron chi connectivity index (χ0n) is 11.0. The second-order valence-corrected chi connectivity index (χ2v) is 4.27. The minimum Gasteiger partial charge on any atom is -0.496 e. The van der Waals surface area contributed by atoms with Crippen molar-refractivity contribution in [1.29, 1.82) is 0 Å². The van der Waals surface area contributed by atoms with Gasteiger partial charge in [-0.05, 0) is 29.8 Å². The normalized spacial score (nSPS) is 10.1. The number of anilines is 1. The first-order valence-electron chi connectivity index (χ1n) is 6.06. The highest BCUT2D eigenvalue weighted by Crippen LogP contribution is 2.21. The molecule has 0 aromatic heterocycles. The Bertz CT molecular complexity index is 629. The number of nitrogens with one attached hydrogen (secondary N) is 1. The summed E-state index contributed by atoms with van der Waals surface area (Å²) in [5.74, 6) is -0.227. The third-order valence-electron chi connectivity index (χ3n) is 2.81. The number of carbonyl (C=O) groups is 1. The van der Waals surface area contributed by atoms with E-state index in [1.165, 1.54) is 19.2 Å². The van der Waals surface area contributed by atoms with Crippen LogP contribution in [0, 0.1) is 5.82 Å². The first kappa shape index (κ1) is 13.9. The molecule has 104 valence electrons. The van der Waals surface area contributed by atoms with Gasteiger partial charge in [-0.3, -0.25) is 4.79 Å². The van der Waals surface area contributed by atoms with Crippen LogP contribution in [-0.4, -0.2) is 13.0 Å². The lowest BCUT2D eigenvalue weighted by molar-refractivity contribution is 0.0948. The number of rotatable bonds is 4. The molecule has 0 radical (unpaired) electrons. The molecule has 0 spiro atoms. The van der Waals surface area contributed by atoms with Crippen LogP contribution in [-0.2, 0) is 6.54 Å². The van der Waals surface area contributed by atoms with Crippen LogP contribution in [0.3, 0.4) is 0 Å². The molecule has 20 heavy (non-hydrogen) atoms. The van der Waals surface area contributed by atoms with Gasteiger partial charge in [-0.15, -0.1) is 0 Å². The largest absolute Gasteiger partial charge is 0.496 e. The standard InChI is InChI=1S/C15H15FN2O2/c1-20-14-8-12(17)5-6-13(14)15(19)18-9-10-3-2-4-11(16)7-10/h2-8H,9,17H2,1H3,(H,18,19). The molecule has 2 aromatic carbocycles. The van der Waals surface area contributed by atoms with Crippen molar-refractivity contribution < 1.29 is 13.9 Å². The molecule has 0 saturated heterocycles. The van der Waals surface area contributed by atoms with Crippen molar-refractivity contribution in [3.63, 3.8) is 0 Å². The summed E-state index contributed by atoms with van der Waals surface area (Å²) in [5.41, 5.74) is 7.22. The number of benzene rings is 2. The molecule has 0 atom stereocenters. The Labute approximate surface area is 116 Å². The van der Waals surface area contributed by atoms with Crippen molar-refractivity contribution in [2.45, 2.75) is 6.54 Å². The third-order valence-corrected chi connectivity index (χ3v) is 2.81. The van der Waals surface area contributed by atoms with Crippen LogP contribution in [0.1, 0.15) is 15.9 Å². The molecular formula is C15H15FN2O2. The highest BCUT2D eigenvalue weighted by atomic mass is 19.1. The highest BCUT2D eigenvalue weighted by Gasteiger charge is 2.12. The Hall–Kier alpha value is -2.56. The number of hydrogen-bond donors (Lipinski definition) is 2. The molecule has 5 heteroatoms. The van der Waals surface area contributed by atoms with E-state index in [4.69, 9.17) is 10.5 Å². The molecule has 0 unspecified atom stereocenters. The van der Waals surface area contributed by atoms with Crippen LogP contribution in [0.25, 0.3) is 0 Å². The number of methoxy groups -OCH3 is 1. The molecule has 0 saturated carbocycles. The molecular weight excluding hydrogens is 259 g/mol. The predicted octanol–water partition coefficient (Wildman–Crippen LogP) is 2.35. The van der Waals surface area contributed by atoms with Gasteiger partial charge in [0.05, 0.1) is 12.7 Å². The van der Waals surface area contributed by atoms with Gasteiger partial charge in [-0.25, -0.2) is 4.39 Å². The molecule has 3 N–H and O–H groups in total. The topological polar surface area (TPSA) is 64.3 Å². The van der Waals surface area contributed by atoms with E-state index in [1.807, 2.05) is 0 Å². The lowest BCUT2D eigenvalue weighted by atomic mass is 10.1. The van der Waals surface area contributed by atoms with E-state index in [9.17, 15) is 9.18 Å². The fourth-order valence-corrected chi connectivity index (χ4v) is 1.82. The minimum absolute atomic E-state index is 0.240. The average molecular weight is 274 g/mol. The van der Waals surface area contributed by atoms with Crippen molar-refractivity contribution in [3.8, 4) is 5.75 Å². The minimum atomic E-state index is -0.332. The number of hydrogen-bond acceptors (Lipinski definition) is 3. The number of carbonyl (C=O) groups excluding carboxylic acids is 1. The van der Waals surface area contributed by atoms with Gasteiger partial charge in [0.25, 0.3) is 5.91 Å². The second kappa shape index (κ2) is 6.06. The number of amides is 1. The van der Waals surface area contributed by atoms with Crippen molar-refractivity contribution in [2.75, 3.05) is 12.8 Å². The summed E-state index contributed by atoms with van der Waals surface area (Å²) in [6.07, 6.45) is 0. The molecule has 0 aliphatic rings. The number of ether oxygens (including phenoxy) is 1. The van der Waals surface area contributed by atoms with Crippen LogP contribution in [0.2, 0.25) is 0 Å². The quantitative estimate of drug-likeness (QED) is 0.841. The van der Waals surface area contributed by atoms with E-state index >= 15 is 0 Å². The molecule has 2 aromatic rings. The molecule has 4 nitrogen and oxygen atoms in total. The maximum atomic E-state index is 13.0. The Balaban J connectivity index is 2.09. The van der Waals surface area contributed by atoms with Gasteiger partial charge >= 0.3 is 0 Å². The van der Waals surface area contributed by atoms with Gasteiger partial charge in [0, 0.05) is 18.3 Å². The zero-order chi connectivity index (χ0) is 14.5. The van der Waals surface area contributed by atoms with Crippen molar-refractivity contribution in [1.82, 2.24) is 5.32 Å². The lowest BCUT2D eigenvalue weighted by Gasteiger charge is -2.10. The molecule has 0 aliphatic carbocycles. The van der Waals surface area contributed by atoms with E-state index in [0.29, 0.717) is 22.6 Å².